The second-order valence-electron chi connectivity index (χ2n) is 7.31. The SMILES string of the molecule is CCCOC(=O)c1ccc(Nc2nc3ccccc3nc2NS(=O)(=O)c2ccc(F)cc2)cc1. The number of halogens is 1. The van der Waals surface area contributed by atoms with Crippen LogP contribution < -0.4 is 10.0 Å². The lowest BCUT2D eigenvalue weighted by Crippen LogP contribution is -2.16. The van der Waals surface area contributed by atoms with Crippen molar-refractivity contribution in [2.75, 3.05) is 16.6 Å². The highest BCUT2D eigenvalue weighted by Gasteiger charge is 2.19. The number of sulfonamides is 1. The maximum atomic E-state index is 13.2. The lowest BCUT2D eigenvalue weighted by molar-refractivity contribution is 0.0505. The third kappa shape index (κ3) is 5.29. The van der Waals surface area contributed by atoms with Crippen LogP contribution in [-0.2, 0) is 14.8 Å². The molecule has 0 spiro atoms. The summed E-state index contributed by atoms with van der Waals surface area (Å²) in [4.78, 5) is 20.8. The number of anilines is 3. The van der Waals surface area contributed by atoms with Crippen LogP contribution >= 0.6 is 0 Å². The highest BCUT2D eigenvalue weighted by atomic mass is 32.2. The second kappa shape index (κ2) is 9.84. The van der Waals surface area contributed by atoms with Crippen molar-refractivity contribution >= 4 is 44.3 Å². The number of fused-ring (bicyclic) bond motifs is 1. The normalized spacial score (nSPS) is 11.2. The number of aromatic nitrogens is 2. The topological polar surface area (TPSA) is 110 Å². The van der Waals surface area contributed by atoms with Gasteiger partial charge in [-0.2, -0.15) is 0 Å². The number of benzene rings is 3. The molecule has 1 aromatic heterocycles. The largest absolute Gasteiger partial charge is 0.462 e. The first-order valence-electron chi connectivity index (χ1n) is 10.4. The van der Waals surface area contributed by atoms with Gasteiger partial charge in [0.1, 0.15) is 5.82 Å². The number of carbonyl (C=O) groups is 1. The summed E-state index contributed by atoms with van der Waals surface area (Å²) in [5, 5.41) is 3.04. The van der Waals surface area contributed by atoms with Gasteiger partial charge in [0.05, 0.1) is 28.1 Å². The van der Waals surface area contributed by atoms with Gasteiger partial charge >= 0.3 is 5.97 Å². The summed E-state index contributed by atoms with van der Waals surface area (Å²) in [7, 11) is -4.06. The first-order valence-corrected chi connectivity index (χ1v) is 11.9. The van der Waals surface area contributed by atoms with Crippen LogP contribution in [0.5, 0.6) is 0 Å². The van der Waals surface area contributed by atoms with E-state index >= 15 is 0 Å². The van der Waals surface area contributed by atoms with Crippen LogP contribution in [0.2, 0.25) is 0 Å². The molecular weight excluding hydrogens is 459 g/mol. The number of nitrogens with one attached hydrogen (secondary N) is 2. The van der Waals surface area contributed by atoms with Crippen LogP contribution in [0.15, 0.2) is 77.7 Å². The minimum atomic E-state index is -4.06. The number of nitrogens with zero attached hydrogens (tertiary/aromatic N) is 2. The fourth-order valence-corrected chi connectivity index (χ4v) is 4.07. The number of hydrogen-bond acceptors (Lipinski definition) is 7. The fourth-order valence-electron chi connectivity index (χ4n) is 3.06. The van der Waals surface area contributed by atoms with Crippen molar-refractivity contribution in [2.24, 2.45) is 0 Å². The first-order chi connectivity index (χ1) is 16.4. The molecule has 2 N–H and O–H groups in total. The van der Waals surface area contributed by atoms with Gasteiger partial charge in [0.2, 0.25) is 0 Å². The zero-order chi connectivity index (χ0) is 24.1. The lowest BCUT2D eigenvalue weighted by Gasteiger charge is -2.14. The van der Waals surface area contributed by atoms with Crippen molar-refractivity contribution in [3.8, 4) is 0 Å². The predicted molar refractivity (Wildman–Crippen MR) is 127 cm³/mol. The molecule has 0 atom stereocenters. The predicted octanol–water partition coefficient (Wildman–Crippen LogP) is 4.88. The number of ether oxygens (including phenoxy) is 1. The Morgan fingerprint density at radius 1 is 0.912 bits per heavy atom. The van der Waals surface area contributed by atoms with E-state index in [-0.39, 0.29) is 16.5 Å². The molecule has 0 aliphatic carbocycles. The lowest BCUT2D eigenvalue weighted by atomic mass is 10.2. The van der Waals surface area contributed by atoms with E-state index in [1.54, 1.807) is 48.5 Å². The maximum Gasteiger partial charge on any atom is 0.338 e. The Morgan fingerprint density at radius 3 is 2.15 bits per heavy atom. The number of para-hydroxylation sites is 2. The third-order valence-electron chi connectivity index (χ3n) is 4.75. The Labute approximate surface area is 195 Å². The molecule has 0 aliphatic heterocycles. The Morgan fingerprint density at radius 2 is 1.53 bits per heavy atom. The van der Waals surface area contributed by atoms with Gasteiger partial charge in [0.15, 0.2) is 11.6 Å². The van der Waals surface area contributed by atoms with E-state index in [1.165, 1.54) is 0 Å². The number of esters is 1. The molecule has 0 bridgehead atoms. The molecule has 4 aromatic rings. The molecule has 1 heterocycles. The highest BCUT2D eigenvalue weighted by molar-refractivity contribution is 7.92. The average Bonchev–Trinajstić information content (AvgIpc) is 2.83. The van der Waals surface area contributed by atoms with Gasteiger partial charge in [-0.1, -0.05) is 19.1 Å². The summed E-state index contributed by atoms with van der Waals surface area (Å²) in [6.45, 7) is 2.25. The Kier molecular flexibility index (Phi) is 6.69. The van der Waals surface area contributed by atoms with Gasteiger partial charge in [-0.3, -0.25) is 4.72 Å². The minimum Gasteiger partial charge on any atom is -0.462 e. The Bertz CT molecular complexity index is 1430. The van der Waals surface area contributed by atoms with Gasteiger partial charge in [-0.15, -0.1) is 0 Å². The number of hydrogen-bond donors (Lipinski definition) is 2. The molecule has 0 fully saturated rings. The molecule has 0 unspecified atom stereocenters. The quantitative estimate of drug-likeness (QED) is 0.346. The minimum absolute atomic E-state index is 0.0329. The summed E-state index contributed by atoms with van der Waals surface area (Å²) in [6, 6.07) is 17.9. The van der Waals surface area contributed by atoms with Gasteiger partial charge < -0.3 is 10.1 Å². The average molecular weight is 481 g/mol. The molecule has 4 rings (SSSR count). The van der Waals surface area contributed by atoms with Crippen LogP contribution in [0.1, 0.15) is 23.7 Å². The van der Waals surface area contributed by atoms with E-state index in [0.717, 1.165) is 30.7 Å². The molecule has 34 heavy (non-hydrogen) atoms. The van der Waals surface area contributed by atoms with Crippen molar-refractivity contribution < 1.29 is 22.3 Å². The molecule has 0 aliphatic rings. The Balaban J connectivity index is 1.66. The molecule has 0 saturated heterocycles. The molecular formula is C24H21FN4O4S. The smallest absolute Gasteiger partial charge is 0.338 e. The molecule has 10 heteroatoms. The van der Waals surface area contributed by atoms with E-state index in [0.29, 0.717) is 28.9 Å². The van der Waals surface area contributed by atoms with E-state index < -0.39 is 21.8 Å². The zero-order valence-corrected chi connectivity index (χ0v) is 19.0. The molecule has 0 saturated carbocycles. The van der Waals surface area contributed by atoms with Crippen molar-refractivity contribution in [2.45, 2.75) is 18.2 Å². The molecule has 0 radical (unpaired) electrons. The van der Waals surface area contributed by atoms with E-state index in [2.05, 4.69) is 20.0 Å². The highest BCUT2D eigenvalue weighted by Crippen LogP contribution is 2.27. The molecule has 0 amide bonds. The van der Waals surface area contributed by atoms with Crippen LogP contribution in [0, 0.1) is 5.82 Å². The molecule has 174 valence electrons. The van der Waals surface area contributed by atoms with Gasteiger partial charge in [0, 0.05) is 5.69 Å². The van der Waals surface area contributed by atoms with E-state index in [9.17, 15) is 17.6 Å². The van der Waals surface area contributed by atoms with E-state index in [1.807, 2.05) is 6.92 Å². The third-order valence-corrected chi connectivity index (χ3v) is 6.10. The molecule has 3 aromatic carbocycles. The van der Waals surface area contributed by atoms with Crippen molar-refractivity contribution in [1.29, 1.82) is 0 Å². The van der Waals surface area contributed by atoms with Gasteiger partial charge in [-0.05, 0) is 67.1 Å². The van der Waals surface area contributed by atoms with Crippen molar-refractivity contribution in [3.63, 3.8) is 0 Å². The summed E-state index contributed by atoms with van der Waals surface area (Å²) >= 11 is 0. The summed E-state index contributed by atoms with van der Waals surface area (Å²) in [5.41, 5.74) is 1.98. The summed E-state index contributed by atoms with van der Waals surface area (Å²) in [5.74, 6) is -0.847. The number of rotatable bonds is 8. The van der Waals surface area contributed by atoms with Crippen LogP contribution in [-0.4, -0.2) is 31.0 Å². The van der Waals surface area contributed by atoms with Crippen molar-refractivity contribution in [3.05, 3.63) is 84.2 Å². The van der Waals surface area contributed by atoms with E-state index in [4.69, 9.17) is 4.74 Å². The zero-order valence-electron chi connectivity index (χ0n) is 18.2. The van der Waals surface area contributed by atoms with Crippen LogP contribution in [0.3, 0.4) is 0 Å². The van der Waals surface area contributed by atoms with Crippen molar-refractivity contribution in [1.82, 2.24) is 9.97 Å². The number of carbonyl (C=O) groups excluding carboxylic acids is 1. The van der Waals surface area contributed by atoms with Gasteiger partial charge in [-0.25, -0.2) is 27.6 Å². The fraction of sp³-hybridized carbons (Fsp3) is 0.125. The standard InChI is InChI=1S/C24H21FN4O4S/c1-2-15-33-24(30)16-7-11-18(12-8-16)26-22-23(28-21-6-4-3-5-20(21)27-22)29-34(31,32)19-13-9-17(25)10-14-19/h3-14H,2,15H2,1H3,(H,26,27)(H,28,29). The molecule has 8 nitrogen and oxygen atoms in total. The summed E-state index contributed by atoms with van der Waals surface area (Å²) in [6.07, 6.45) is 0.725. The van der Waals surface area contributed by atoms with Crippen LogP contribution in [0.25, 0.3) is 11.0 Å². The first kappa shape index (κ1) is 23.1. The monoisotopic (exact) mass is 480 g/mol. The summed E-state index contributed by atoms with van der Waals surface area (Å²) < 4.78 is 46.6. The van der Waals surface area contributed by atoms with Gasteiger partial charge in [0.25, 0.3) is 10.0 Å². The Hall–Kier alpha value is -4.05. The van der Waals surface area contributed by atoms with Crippen LogP contribution in [0.4, 0.5) is 21.7 Å². The maximum absolute atomic E-state index is 13.2. The second-order valence-corrected chi connectivity index (χ2v) is 8.99.